The van der Waals surface area contributed by atoms with Gasteiger partial charge in [0.05, 0.1) is 4.92 Å². The van der Waals surface area contributed by atoms with Gasteiger partial charge in [-0.1, -0.05) is 12.1 Å². The molecule has 0 aliphatic carbocycles. The summed E-state index contributed by atoms with van der Waals surface area (Å²) in [6, 6.07) is 9.81. The number of anilines is 4. The summed E-state index contributed by atoms with van der Waals surface area (Å²) in [4.78, 5) is 28.3. The lowest BCUT2D eigenvalue weighted by molar-refractivity contribution is -0.383. The van der Waals surface area contributed by atoms with E-state index in [0.29, 0.717) is 24.7 Å². The summed E-state index contributed by atoms with van der Waals surface area (Å²) in [5.74, 6) is 0.915. The van der Waals surface area contributed by atoms with Crippen LogP contribution < -0.4 is 15.1 Å². The highest BCUT2D eigenvalue weighted by Crippen LogP contribution is 2.34. The van der Waals surface area contributed by atoms with Gasteiger partial charge in [0.1, 0.15) is 12.1 Å². The van der Waals surface area contributed by atoms with E-state index < -0.39 is 4.92 Å². The van der Waals surface area contributed by atoms with E-state index in [1.807, 2.05) is 4.90 Å². The summed E-state index contributed by atoms with van der Waals surface area (Å²) in [5.41, 5.74) is 3.58. The zero-order valence-corrected chi connectivity index (χ0v) is 18.8. The molecular weight excluding hydrogens is 462 g/mol. The lowest BCUT2D eigenvalue weighted by Crippen LogP contribution is -2.47. The zero-order chi connectivity index (χ0) is 22.0. The molecule has 0 spiro atoms. The Morgan fingerprint density at radius 2 is 1.77 bits per heavy atom. The second kappa shape index (κ2) is 8.84. The number of pyridine rings is 1. The van der Waals surface area contributed by atoms with Crippen molar-refractivity contribution in [2.24, 2.45) is 0 Å². The van der Waals surface area contributed by atoms with E-state index in [0.717, 1.165) is 17.6 Å². The van der Waals surface area contributed by atoms with Crippen molar-refractivity contribution < 1.29 is 4.92 Å². The molecule has 0 amide bonds. The number of aryl methyl sites for hydroxylation is 1. The second-order valence-electron chi connectivity index (χ2n) is 7.33. The first-order valence-electron chi connectivity index (χ1n) is 9.88. The molecule has 0 saturated carbocycles. The normalized spacial score (nSPS) is 13.9. The Hall–Kier alpha value is -3.27. The average molecular weight is 484 g/mol. The van der Waals surface area contributed by atoms with Crippen molar-refractivity contribution in [3.05, 3.63) is 68.6 Å². The number of nitrogens with one attached hydrogen (secondary N) is 1. The second-order valence-corrected chi connectivity index (χ2v) is 8.25. The lowest BCUT2D eigenvalue weighted by atomic mass is 10.1. The van der Waals surface area contributed by atoms with Gasteiger partial charge in [-0.2, -0.15) is 0 Å². The average Bonchev–Trinajstić information content (AvgIpc) is 2.77. The van der Waals surface area contributed by atoms with E-state index in [1.54, 1.807) is 18.3 Å². The summed E-state index contributed by atoms with van der Waals surface area (Å²) >= 11 is 3.33. The zero-order valence-electron chi connectivity index (χ0n) is 17.2. The Morgan fingerprint density at radius 3 is 2.45 bits per heavy atom. The number of aromatic nitrogens is 3. The molecule has 0 unspecified atom stereocenters. The molecule has 0 bridgehead atoms. The predicted octanol–water partition coefficient (Wildman–Crippen LogP) is 4.23. The first-order valence-corrected chi connectivity index (χ1v) is 10.7. The third-order valence-electron chi connectivity index (χ3n) is 5.46. The molecule has 1 aliphatic rings. The van der Waals surface area contributed by atoms with E-state index in [9.17, 15) is 10.1 Å². The van der Waals surface area contributed by atoms with Crippen molar-refractivity contribution >= 4 is 44.8 Å². The molecule has 3 heterocycles. The number of benzene rings is 1. The topological polar surface area (TPSA) is 100 Å². The van der Waals surface area contributed by atoms with E-state index in [1.165, 1.54) is 23.1 Å². The monoisotopic (exact) mass is 483 g/mol. The highest BCUT2D eigenvalue weighted by Gasteiger charge is 2.30. The van der Waals surface area contributed by atoms with Crippen LogP contribution in [0.1, 0.15) is 11.1 Å². The van der Waals surface area contributed by atoms with Crippen molar-refractivity contribution in [2.45, 2.75) is 13.8 Å². The molecule has 160 valence electrons. The Kier molecular flexibility index (Phi) is 5.99. The van der Waals surface area contributed by atoms with Crippen LogP contribution in [0.15, 0.2) is 47.3 Å². The van der Waals surface area contributed by atoms with Crippen LogP contribution >= 0.6 is 15.9 Å². The molecule has 31 heavy (non-hydrogen) atoms. The van der Waals surface area contributed by atoms with Crippen molar-refractivity contribution in [1.29, 1.82) is 0 Å². The molecule has 1 fully saturated rings. The predicted molar refractivity (Wildman–Crippen MR) is 124 cm³/mol. The van der Waals surface area contributed by atoms with E-state index >= 15 is 0 Å². The van der Waals surface area contributed by atoms with Crippen LogP contribution in [0, 0.1) is 24.0 Å². The standard InChI is InChI=1S/C21H22BrN7O2/c1-14-4-3-5-17(15(14)2)27-8-10-28(11-9-27)21-19(29(30)31)20(24-13-25-21)26-18-7-6-16(22)12-23-18/h3-7,12-13H,8-11H2,1-2H3,(H,23,24,25,26). The summed E-state index contributed by atoms with van der Waals surface area (Å²) in [6.45, 7) is 6.99. The first kappa shape index (κ1) is 21.0. The molecule has 0 atom stereocenters. The minimum absolute atomic E-state index is 0.127. The molecule has 9 nitrogen and oxygen atoms in total. The number of hydrogen-bond donors (Lipinski definition) is 1. The van der Waals surface area contributed by atoms with E-state index in [4.69, 9.17) is 0 Å². The third kappa shape index (κ3) is 4.43. The van der Waals surface area contributed by atoms with Crippen molar-refractivity contribution in [2.75, 3.05) is 41.3 Å². The van der Waals surface area contributed by atoms with Crippen LogP contribution in [0.5, 0.6) is 0 Å². The Bertz CT molecular complexity index is 1100. The Morgan fingerprint density at radius 1 is 1.03 bits per heavy atom. The number of piperazine rings is 1. The van der Waals surface area contributed by atoms with Gasteiger partial charge in [0.25, 0.3) is 0 Å². The fourth-order valence-corrected chi connectivity index (χ4v) is 3.90. The maximum atomic E-state index is 11.9. The number of nitro groups is 1. The molecule has 10 heteroatoms. The highest BCUT2D eigenvalue weighted by atomic mass is 79.9. The van der Waals surface area contributed by atoms with Crippen LogP contribution in [0.3, 0.4) is 0 Å². The fraction of sp³-hybridized carbons (Fsp3) is 0.286. The SMILES string of the molecule is Cc1cccc(N2CCN(c3ncnc(Nc4ccc(Br)cn4)c3[N+](=O)[O-])CC2)c1C. The summed E-state index contributed by atoms with van der Waals surface area (Å²) in [6.07, 6.45) is 2.96. The minimum Gasteiger partial charge on any atom is -0.368 e. The van der Waals surface area contributed by atoms with Crippen molar-refractivity contribution in [3.8, 4) is 0 Å². The van der Waals surface area contributed by atoms with Gasteiger partial charge < -0.3 is 15.1 Å². The minimum atomic E-state index is -0.437. The van der Waals surface area contributed by atoms with Crippen LogP contribution in [0.25, 0.3) is 0 Å². The fourth-order valence-electron chi connectivity index (χ4n) is 3.67. The Balaban J connectivity index is 1.56. The molecule has 2 aromatic heterocycles. The molecule has 1 aliphatic heterocycles. The quantitative estimate of drug-likeness (QED) is 0.424. The van der Waals surface area contributed by atoms with Gasteiger partial charge in [-0.3, -0.25) is 10.1 Å². The van der Waals surface area contributed by atoms with Gasteiger partial charge in [-0.15, -0.1) is 0 Å². The van der Waals surface area contributed by atoms with Crippen molar-refractivity contribution in [1.82, 2.24) is 15.0 Å². The smallest absolute Gasteiger partial charge is 0.353 e. The maximum absolute atomic E-state index is 11.9. The maximum Gasteiger partial charge on any atom is 0.353 e. The molecular formula is C21H22BrN7O2. The summed E-state index contributed by atoms with van der Waals surface area (Å²) in [7, 11) is 0. The molecule has 3 aromatic rings. The van der Waals surface area contributed by atoms with Crippen LogP contribution in [-0.2, 0) is 0 Å². The van der Waals surface area contributed by atoms with Gasteiger partial charge >= 0.3 is 5.69 Å². The van der Waals surface area contributed by atoms with Gasteiger partial charge in [-0.25, -0.2) is 15.0 Å². The molecule has 1 aromatic carbocycles. The van der Waals surface area contributed by atoms with Gasteiger partial charge in [0.15, 0.2) is 0 Å². The third-order valence-corrected chi connectivity index (χ3v) is 5.92. The number of rotatable bonds is 5. The van der Waals surface area contributed by atoms with Crippen molar-refractivity contribution in [3.63, 3.8) is 0 Å². The molecule has 0 radical (unpaired) electrons. The lowest BCUT2D eigenvalue weighted by Gasteiger charge is -2.37. The first-order chi connectivity index (χ1) is 14.9. The highest BCUT2D eigenvalue weighted by molar-refractivity contribution is 9.10. The van der Waals surface area contributed by atoms with Gasteiger partial charge in [0, 0.05) is 42.5 Å². The summed E-state index contributed by atoms with van der Waals surface area (Å²) < 4.78 is 0.817. The van der Waals surface area contributed by atoms with E-state index in [2.05, 4.69) is 73.1 Å². The summed E-state index contributed by atoms with van der Waals surface area (Å²) in [5, 5.41) is 14.9. The number of hydrogen-bond acceptors (Lipinski definition) is 8. The molecule has 1 N–H and O–H groups in total. The number of nitrogens with zero attached hydrogens (tertiary/aromatic N) is 6. The van der Waals surface area contributed by atoms with Crippen LogP contribution in [0.2, 0.25) is 0 Å². The van der Waals surface area contributed by atoms with E-state index in [-0.39, 0.29) is 11.5 Å². The van der Waals surface area contributed by atoms with Gasteiger partial charge in [0.2, 0.25) is 11.6 Å². The van der Waals surface area contributed by atoms with Crippen LogP contribution in [0.4, 0.5) is 28.8 Å². The molecule has 4 rings (SSSR count). The van der Waals surface area contributed by atoms with Crippen LogP contribution in [-0.4, -0.2) is 46.1 Å². The molecule has 1 saturated heterocycles. The Labute approximate surface area is 188 Å². The number of halogens is 1. The largest absolute Gasteiger partial charge is 0.368 e. The van der Waals surface area contributed by atoms with Gasteiger partial charge in [-0.05, 0) is 59.1 Å².